The van der Waals surface area contributed by atoms with Crippen LogP contribution in [0.25, 0.3) is 0 Å². The van der Waals surface area contributed by atoms with E-state index in [1.807, 2.05) is 11.8 Å². The van der Waals surface area contributed by atoms with Crippen LogP contribution in [0.5, 0.6) is 0 Å². The lowest BCUT2D eigenvalue weighted by Gasteiger charge is -2.06. The van der Waals surface area contributed by atoms with Gasteiger partial charge in [-0.1, -0.05) is 18.0 Å². The molecule has 0 radical (unpaired) electrons. The van der Waals surface area contributed by atoms with Gasteiger partial charge in [0, 0.05) is 23.7 Å². The van der Waals surface area contributed by atoms with E-state index < -0.39 is 4.92 Å². The minimum absolute atomic E-state index is 0.0844. The van der Waals surface area contributed by atoms with Crippen LogP contribution >= 0.6 is 23.4 Å². The number of rotatable bonds is 9. The summed E-state index contributed by atoms with van der Waals surface area (Å²) in [5, 5.41) is 14.5. The number of unbranched alkanes of at least 4 members (excludes halogenated alkanes) is 2. The van der Waals surface area contributed by atoms with Gasteiger partial charge in [-0.3, -0.25) is 10.1 Å². The van der Waals surface area contributed by atoms with Gasteiger partial charge in [0.1, 0.15) is 0 Å². The van der Waals surface area contributed by atoms with Crippen molar-refractivity contribution >= 4 is 29.1 Å². The first-order chi connectivity index (χ1) is 9.15. The average molecular weight is 303 g/mol. The molecule has 0 fully saturated rings. The van der Waals surface area contributed by atoms with Crippen LogP contribution in [0.3, 0.4) is 0 Å². The zero-order valence-corrected chi connectivity index (χ0v) is 12.6. The molecule has 0 amide bonds. The van der Waals surface area contributed by atoms with E-state index in [4.69, 9.17) is 11.6 Å². The lowest BCUT2D eigenvalue weighted by molar-refractivity contribution is -0.384. The second-order valence-corrected chi connectivity index (χ2v) is 5.66. The minimum Gasteiger partial charge on any atom is -0.313 e. The largest absolute Gasteiger partial charge is 0.313 e. The highest BCUT2D eigenvalue weighted by atomic mass is 35.5. The van der Waals surface area contributed by atoms with Crippen molar-refractivity contribution in [3.8, 4) is 0 Å². The molecule has 0 heterocycles. The second-order valence-electron chi connectivity index (χ2n) is 4.26. The Labute approximate surface area is 123 Å². The van der Waals surface area contributed by atoms with E-state index in [9.17, 15) is 10.1 Å². The van der Waals surface area contributed by atoms with E-state index in [1.165, 1.54) is 30.7 Å². The maximum Gasteiger partial charge on any atom is 0.269 e. The molecule has 0 saturated heterocycles. The third-order valence-corrected chi connectivity index (χ3v) is 3.82. The van der Waals surface area contributed by atoms with E-state index in [2.05, 4.69) is 11.6 Å². The van der Waals surface area contributed by atoms with Gasteiger partial charge in [0.15, 0.2) is 0 Å². The summed E-state index contributed by atoms with van der Waals surface area (Å²) in [6.45, 7) is 1.48. The van der Waals surface area contributed by atoms with Crippen LogP contribution in [0.2, 0.25) is 5.02 Å². The third kappa shape index (κ3) is 6.27. The first kappa shape index (κ1) is 16.3. The molecule has 6 heteroatoms. The monoisotopic (exact) mass is 302 g/mol. The third-order valence-electron chi connectivity index (χ3n) is 2.76. The van der Waals surface area contributed by atoms with Gasteiger partial charge in [0.25, 0.3) is 5.69 Å². The van der Waals surface area contributed by atoms with Crippen molar-refractivity contribution in [2.75, 3.05) is 18.6 Å². The predicted molar refractivity (Wildman–Crippen MR) is 82.0 cm³/mol. The maximum absolute atomic E-state index is 10.7. The minimum atomic E-state index is -0.401. The lowest BCUT2D eigenvalue weighted by atomic mass is 10.2. The normalized spacial score (nSPS) is 10.6. The number of benzene rings is 1. The van der Waals surface area contributed by atoms with Gasteiger partial charge in [-0.25, -0.2) is 0 Å². The zero-order valence-electron chi connectivity index (χ0n) is 11.0. The Hall–Kier alpha value is -0.780. The van der Waals surface area contributed by atoms with Gasteiger partial charge in [-0.05, 0) is 43.0 Å². The van der Waals surface area contributed by atoms with Crippen LogP contribution in [-0.2, 0) is 6.54 Å². The van der Waals surface area contributed by atoms with Crippen molar-refractivity contribution < 1.29 is 4.92 Å². The number of nitrogens with one attached hydrogen (secondary N) is 1. The van der Waals surface area contributed by atoms with Gasteiger partial charge < -0.3 is 5.32 Å². The first-order valence-corrected chi connectivity index (χ1v) is 8.05. The fraction of sp³-hybridized carbons (Fsp3) is 0.538. The fourth-order valence-electron chi connectivity index (χ4n) is 1.71. The smallest absolute Gasteiger partial charge is 0.269 e. The maximum atomic E-state index is 10.7. The Morgan fingerprint density at radius 3 is 2.84 bits per heavy atom. The molecule has 1 aromatic carbocycles. The second kappa shape index (κ2) is 9.18. The summed E-state index contributed by atoms with van der Waals surface area (Å²) < 4.78 is 0. The molecule has 0 saturated carbocycles. The Kier molecular flexibility index (Phi) is 7.86. The van der Waals surface area contributed by atoms with Gasteiger partial charge in [0.05, 0.1) is 4.92 Å². The molecule has 0 spiro atoms. The molecule has 1 aromatic rings. The molecule has 1 rings (SSSR count). The summed E-state index contributed by atoms with van der Waals surface area (Å²) in [6, 6.07) is 4.53. The van der Waals surface area contributed by atoms with Crippen LogP contribution in [-0.4, -0.2) is 23.5 Å². The van der Waals surface area contributed by atoms with Gasteiger partial charge >= 0.3 is 0 Å². The van der Waals surface area contributed by atoms with Crippen LogP contribution in [0.15, 0.2) is 18.2 Å². The number of thioether (sulfide) groups is 1. The molecular formula is C13H19ClN2O2S. The van der Waals surface area contributed by atoms with E-state index >= 15 is 0 Å². The predicted octanol–water partition coefficient (Wildman–Crippen LogP) is 3.87. The van der Waals surface area contributed by atoms with Crippen molar-refractivity contribution in [3.63, 3.8) is 0 Å². The highest BCUT2D eigenvalue weighted by molar-refractivity contribution is 7.98. The molecule has 1 N–H and O–H groups in total. The van der Waals surface area contributed by atoms with Gasteiger partial charge in [-0.2, -0.15) is 11.8 Å². The summed E-state index contributed by atoms with van der Waals surface area (Å²) in [6.07, 6.45) is 5.67. The Morgan fingerprint density at radius 1 is 1.37 bits per heavy atom. The summed E-state index contributed by atoms with van der Waals surface area (Å²) in [5.74, 6) is 1.21. The molecule has 0 unspecified atom stereocenters. The lowest BCUT2D eigenvalue weighted by Crippen LogP contribution is -2.15. The van der Waals surface area contributed by atoms with Crippen molar-refractivity contribution in [1.29, 1.82) is 0 Å². The number of non-ortho nitro benzene ring substituents is 1. The molecular weight excluding hydrogens is 284 g/mol. The molecule has 0 aliphatic carbocycles. The average Bonchev–Trinajstić information content (AvgIpc) is 2.39. The summed E-state index contributed by atoms with van der Waals surface area (Å²) in [4.78, 5) is 10.3. The van der Waals surface area contributed by atoms with Crippen LogP contribution in [0, 0.1) is 10.1 Å². The summed E-state index contributed by atoms with van der Waals surface area (Å²) >= 11 is 7.88. The number of nitro benzene ring substituents is 1. The highest BCUT2D eigenvalue weighted by Gasteiger charge is 2.09. The quantitative estimate of drug-likeness (QED) is 0.427. The number of nitrogens with zero attached hydrogens (tertiary/aromatic N) is 1. The van der Waals surface area contributed by atoms with Crippen molar-refractivity contribution in [1.82, 2.24) is 5.32 Å². The molecule has 0 aromatic heterocycles. The number of nitro groups is 1. The van der Waals surface area contributed by atoms with E-state index in [-0.39, 0.29) is 5.69 Å². The van der Waals surface area contributed by atoms with E-state index in [0.29, 0.717) is 11.6 Å². The molecule has 0 aliphatic rings. The Morgan fingerprint density at radius 2 is 2.16 bits per heavy atom. The van der Waals surface area contributed by atoms with Crippen molar-refractivity contribution in [2.45, 2.75) is 25.8 Å². The number of hydrogen-bond donors (Lipinski definition) is 1. The Balaban J connectivity index is 2.32. The molecule has 0 aliphatic heterocycles. The van der Waals surface area contributed by atoms with E-state index in [1.54, 1.807) is 6.07 Å². The SMILES string of the molecule is CSCCCCCNCc1cc([N+](=O)[O-])ccc1Cl. The highest BCUT2D eigenvalue weighted by Crippen LogP contribution is 2.21. The molecule has 19 heavy (non-hydrogen) atoms. The first-order valence-electron chi connectivity index (χ1n) is 6.27. The van der Waals surface area contributed by atoms with Crippen LogP contribution < -0.4 is 5.32 Å². The van der Waals surface area contributed by atoms with Crippen LogP contribution in [0.4, 0.5) is 5.69 Å². The number of halogens is 1. The number of hydrogen-bond acceptors (Lipinski definition) is 4. The zero-order chi connectivity index (χ0) is 14.1. The summed E-state index contributed by atoms with van der Waals surface area (Å²) in [7, 11) is 0. The standard InChI is InChI=1S/C13H19ClN2O2S/c1-19-8-4-2-3-7-15-10-11-9-12(16(17)18)5-6-13(11)14/h5-6,9,15H,2-4,7-8,10H2,1H3. The Bertz CT molecular complexity index is 416. The molecule has 0 bridgehead atoms. The molecule has 106 valence electrons. The molecule has 4 nitrogen and oxygen atoms in total. The van der Waals surface area contributed by atoms with E-state index in [0.717, 1.165) is 18.5 Å². The van der Waals surface area contributed by atoms with Crippen molar-refractivity contribution in [2.24, 2.45) is 0 Å². The van der Waals surface area contributed by atoms with Gasteiger partial charge in [-0.15, -0.1) is 0 Å². The molecule has 0 atom stereocenters. The van der Waals surface area contributed by atoms with Crippen molar-refractivity contribution in [3.05, 3.63) is 38.9 Å². The topological polar surface area (TPSA) is 55.2 Å². The van der Waals surface area contributed by atoms with Gasteiger partial charge in [0.2, 0.25) is 0 Å². The van der Waals surface area contributed by atoms with Crippen LogP contribution in [0.1, 0.15) is 24.8 Å². The fourth-order valence-corrected chi connectivity index (χ4v) is 2.38. The summed E-state index contributed by atoms with van der Waals surface area (Å²) in [5.41, 5.74) is 0.862.